The van der Waals surface area contributed by atoms with Gasteiger partial charge in [0.05, 0.1) is 5.54 Å². The van der Waals surface area contributed by atoms with Gasteiger partial charge in [0.25, 0.3) is 5.91 Å². The van der Waals surface area contributed by atoms with Crippen molar-refractivity contribution < 1.29 is 18.7 Å². The summed E-state index contributed by atoms with van der Waals surface area (Å²) in [5.41, 5.74) is -0.168. The van der Waals surface area contributed by atoms with Crippen LogP contribution >= 0.6 is 11.6 Å². The maximum absolute atomic E-state index is 13.2. The zero-order valence-electron chi connectivity index (χ0n) is 13.3. The molecule has 24 heavy (non-hydrogen) atoms. The molecule has 0 fully saturated rings. The number of hydrogen-bond donors (Lipinski definition) is 1. The molecule has 1 aliphatic rings. The van der Waals surface area contributed by atoms with Gasteiger partial charge in [0.1, 0.15) is 12.4 Å². The van der Waals surface area contributed by atoms with Gasteiger partial charge in [-0.1, -0.05) is 29.8 Å². The molecule has 1 N–H and O–H groups in total. The van der Waals surface area contributed by atoms with Crippen molar-refractivity contribution in [2.24, 2.45) is 0 Å². The van der Waals surface area contributed by atoms with Crippen LogP contribution in [0.15, 0.2) is 42.5 Å². The summed E-state index contributed by atoms with van der Waals surface area (Å²) in [4.78, 5) is 12.5. The van der Waals surface area contributed by atoms with Gasteiger partial charge in [0.15, 0.2) is 11.5 Å². The Balaban J connectivity index is 1.74. The van der Waals surface area contributed by atoms with Crippen LogP contribution < -0.4 is 14.8 Å². The number of amides is 1. The van der Waals surface area contributed by atoms with Crippen LogP contribution in [0.1, 0.15) is 19.4 Å². The molecular formula is C18H17ClFNO3. The van der Waals surface area contributed by atoms with Crippen LogP contribution in [0.2, 0.25) is 5.02 Å². The minimum absolute atomic E-state index is 0.121. The monoisotopic (exact) mass is 349 g/mol. The van der Waals surface area contributed by atoms with E-state index in [1.165, 1.54) is 12.1 Å². The lowest BCUT2D eigenvalue weighted by Crippen LogP contribution is -2.50. The van der Waals surface area contributed by atoms with Gasteiger partial charge < -0.3 is 14.8 Å². The molecular weight excluding hydrogens is 333 g/mol. The molecule has 0 saturated carbocycles. The summed E-state index contributed by atoms with van der Waals surface area (Å²) in [6, 6.07) is 11.3. The molecule has 1 unspecified atom stereocenters. The van der Waals surface area contributed by atoms with E-state index in [9.17, 15) is 9.18 Å². The van der Waals surface area contributed by atoms with E-state index in [1.54, 1.807) is 32.0 Å². The number of carbonyl (C=O) groups is 1. The first-order chi connectivity index (χ1) is 11.4. The molecule has 1 heterocycles. The van der Waals surface area contributed by atoms with Gasteiger partial charge in [-0.2, -0.15) is 0 Å². The van der Waals surface area contributed by atoms with E-state index < -0.39 is 17.5 Å². The first-order valence-electron chi connectivity index (χ1n) is 7.53. The first-order valence-corrected chi connectivity index (χ1v) is 7.90. The second kappa shape index (κ2) is 6.32. The van der Waals surface area contributed by atoms with Crippen LogP contribution in [0.4, 0.5) is 4.39 Å². The molecule has 126 valence electrons. The third kappa shape index (κ3) is 3.31. The van der Waals surface area contributed by atoms with Gasteiger partial charge >= 0.3 is 0 Å². The second-order valence-electron chi connectivity index (χ2n) is 6.10. The summed E-state index contributed by atoms with van der Waals surface area (Å²) in [6.07, 6.45) is -0.765. The molecule has 2 aromatic rings. The Labute approximate surface area is 144 Å². The van der Waals surface area contributed by atoms with E-state index in [4.69, 9.17) is 21.1 Å². The highest BCUT2D eigenvalue weighted by Crippen LogP contribution is 2.32. The molecule has 1 aliphatic heterocycles. The second-order valence-corrected chi connectivity index (χ2v) is 6.51. The van der Waals surface area contributed by atoms with E-state index in [0.29, 0.717) is 17.1 Å². The summed E-state index contributed by atoms with van der Waals surface area (Å²) in [6.45, 7) is 3.71. The van der Waals surface area contributed by atoms with Crippen molar-refractivity contribution in [2.75, 3.05) is 6.61 Å². The molecule has 3 rings (SSSR count). The lowest BCUT2D eigenvalue weighted by atomic mass is 9.93. The number of halogens is 2. The van der Waals surface area contributed by atoms with Gasteiger partial charge in [-0.05, 0) is 43.7 Å². The third-order valence-electron chi connectivity index (χ3n) is 3.84. The van der Waals surface area contributed by atoms with Crippen molar-refractivity contribution in [3.63, 3.8) is 0 Å². The predicted octanol–water partition coefficient (Wildman–Crippen LogP) is 3.67. The number of ether oxygens (including phenoxy) is 2. The highest BCUT2D eigenvalue weighted by Gasteiger charge is 2.32. The standard InChI is InChI=1S/C18H17ClFNO3/c1-18(2,12-8-7-11(20)9-13(12)19)21-17(22)16-10-23-14-5-3-4-6-15(14)24-16/h3-9,16H,10H2,1-2H3,(H,21,22). The number of nitrogens with one attached hydrogen (secondary N) is 1. The zero-order valence-corrected chi connectivity index (χ0v) is 14.1. The number of hydrogen-bond acceptors (Lipinski definition) is 3. The molecule has 0 saturated heterocycles. The number of rotatable bonds is 3. The number of fused-ring (bicyclic) bond motifs is 1. The topological polar surface area (TPSA) is 47.6 Å². The Hall–Kier alpha value is -2.27. The lowest BCUT2D eigenvalue weighted by Gasteiger charge is -2.32. The van der Waals surface area contributed by atoms with Crippen LogP contribution in [0.5, 0.6) is 11.5 Å². The molecule has 0 aromatic heterocycles. The molecule has 0 bridgehead atoms. The zero-order chi connectivity index (χ0) is 17.3. The average molecular weight is 350 g/mol. The number of carbonyl (C=O) groups excluding carboxylic acids is 1. The molecule has 2 aromatic carbocycles. The van der Waals surface area contributed by atoms with Crippen molar-refractivity contribution in [3.8, 4) is 11.5 Å². The molecule has 6 heteroatoms. The number of para-hydroxylation sites is 2. The van der Waals surface area contributed by atoms with Crippen molar-refractivity contribution in [3.05, 3.63) is 58.9 Å². The fraction of sp³-hybridized carbons (Fsp3) is 0.278. The van der Waals surface area contributed by atoms with E-state index in [0.717, 1.165) is 0 Å². The van der Waals surface area contributed by atoms with Crippen molar-refractivity contribution in [1.29, 1.82) is 0 Å². The van der Waals surface area contributed by atoms with Crippen LogP contribution in [0, 0.1) is 5.82 Å². The molecule has 1 atom stereocenters. The maximum atomic E-state index is 13.2. The van der Waals surface area contributed by atoms with Crippen LogP contribution in [0.3, 0.4) is 0 Å². The lowest BCUT2D eigenvalue weighted by molar-refractivity contribution is -0.132. The van der Waals surface area contributed by atoms with Crippen molar-refractivity contribution in [2.45, 2.75) is 25.5 Å². The van der Waals surface area contributed by atoms with Gasteiger partial charge in [-0.3, -0.25) is 4.79 Å². The Morgan fingerprint density at radius 2 is 1.96 bits per heavy atom. The predicted molar refractivity (Wildman–Crippen MR) is 88.9 cm³/mol. The Kier molecular flexibility index (Phi) is 4.37. The van der Waals surface area contributed by atoms with Crippen molar-refractivity contribution in [1.82, 2.24) is 5.32 Å². The van der Waals surface area contributed by atoms with Crippen LogP contribution in [0.25, 0.3) is 0 Å². The summed E-state index contributed by atoms with van der Waals surface area (Å²) in [7, 11) is 0. The Morgan fingerprint density at radius 3 is 2.67 bits per heavy atom. The van der Waals surface area contributed by atoms with Crippen molar-refractivity contribution >= 4 is 17.5 Å². The normalized spacial score (nSPS) is 16.6. The summed E-state index contributed by atoms with van der Waals surface area (Å²) in [5, 5.41) is 3.14. The minimum atomic E-state index is -0.789. The summed E-state index contributed by atoms with van der Waals surface area (Å²) < 4.78 is 24.5. The van der Waals surface area contributed by atoms with Gasteiger partial charge in [-0.25, -0.2) is 4.39 Å². The van der Waals surface area contributed by atoms with Crippen LogP contribution in [-0.2, 0) is 10.3 Å². The van der Waals surface area contributed by atoms with Crippen LogP contribution in [-0.4, -0.2) is 18.6 Å². The fourth-order valence-corrected chi connectivity index (χ4v) is 3.00. The van der Waals surface area contributed by atoms with Gasteiger partial charge in [0, 0.05) is 5.02 Å². The SMILES string of the molecule is CC(C)(NC(=O)C1COc2ccccc2O1)c1ccc(F)cc1Cl. The van der Waals surface area contributed by atoms with E-state index >= 15 is 0 Å². The molecule has 0 radical (unpaired) electrons. The molecule has 1 amide bonds. The smallest absolute Gasteiger partial charge is 0.265 e. The average Bonchev–Trinajstić information content (AvgIpc) is 2.53. The largest absolute Gasteiger partial charge is 0.485 e. The summed E-state index contributed by atoms with van der Waals surface area (Å²) in [5.74, 6) is 0.394. The molecule has 0 aliphatic carbocycles. The van der Waals surface area contributed by atoms with Gasteiger partial charge in [-0.15, -0.1) is 0 Å². The first kappa shape index (κ1) is 16.6. The third-order valence-corrected chi connectivity index (χ3v) is 4.15. The van der Waals surface area contributed by atoms with E-state index in [2.05, 4.69) is 5.32 Å². The maximum Gasteiger partial charge on any atom is 0.265 e. The summed E-state index contributed by atoms with van der Waals surface area (Å²) >= 11 is 6.10. The number of benzene rings is 2. The highest BCUT2D eigenvalue weighted by atomic mass is 35.5. The quantitative estimate of drug-likeness (QED) is 0.919. The van der Waals surface area contributed by atoms with E-state index in [1.807, 2.05) is 12.1 Å². The molecule has 4 nitrogen and oxygen atoms in total. The Morgan fingerprint density at radius 1 is 1.25 bits per heavy atom. The highest BCUT2D eigenvalue weighted by molar-refractivity contribution is 6.31. The Bertz CT molecular complexity index is 779. The van der Waals surface area contributed by atoms with E-state index in [-0.39, 0.29) is 17.5 Å². The molecule has 0 spiro atoms. The fourth-order valence-electron chi connectivity index (χ4n) is 2.60. The van der Waals surface area contributed by atoms with Gasteiger partial charge in [0.2, 0.25) is 6.10 Å². The minimum Gasteiger partial charge on any atom is -0.485 e.